The number of rotatable bonds is 5. The molecule has 1 N–H and O–H groups in total. The number of halogens is 3. The largest absolute Gasteiger partial charge is 0.478 e. The highest BCUT2D eigenvalue weighted by atomic mass is 79.9. The molecule has 0 aliphatic rings. The molecular formula is C11H9BrF2O4. The molecule has 0 bridgehead atoms. The average molecular weight is 323 g/mol. The molecule has 0 aliphatic heterocycles. The van der Waals surface area contributed by atoms with E-state index in [1.807, 2.05) is 0 Å². The van der Waals surface area contributed by atoms with Crippen molar-refractivity contribution < 1.29 is 28.2 Å². The monoisotopic (exact) mass is 322 g/mol. The minimum atomic E-state index is -3.04. The standard InChI is InChI=1S/C11H9BrF2O4/c1-5(12)9(15)8-4-6(18-11(13)14)2-3-7(8)10(16)17/h2-5,11H,1H3,(H,16,17). The summed E-state index contributed by atoms with van der Waals surface area (Å²) in [4.78, 5) is 22.1. The summed E-state index contributed by atoms with van der Waals surface area (Å²) in [5, 5.41) is 8.91. The van der Waals surface area contributed by atoms with Gasteiger partial charge in [-0.25, -0.2) is 4.79 Å². The normalized spacial score (nSPS) is 12.3. The molecule has 0 spiro atoms. The predicted octanol–water partition coefficient (Wildman–Crippen LogP) is 2.95. The number of carboxylic acid groups (broad SMARTS) is 1. The van der Waals surface area contributed by atoms with Crippen LogP contribution in [0.1, 0.15) is 27.6 Å². The first-order valence-electron chi connectivity index (χ1n) is 4.83. The van der Waals surface area contributed by atoms with Gasteiger partial charge in [0, 0.05) is 5.56 Å². The van der Waals surface area contributed by atoms with Gasteiger partial charge in [0.25, 0.3) is 0 Å². The van der Waals surface area contributed by atoms with E-state index in [1.54, 1.807) is 0 Å². The van der Waals surface area contributed by atoms with Crippen LogP contribution in [0, 0.1) is 0 Å². The molecule has 0 amide bonds. The number of alkyl halides is 3. The molecule has 0 saturated carbocycles. The Morgan fingerprint density at radius 2 is 1.94 bits per heavy atom. The minimum absolute atomic E-state index is 0.176. The quantitative estimate of drug-likeness (QED) is 0.668. The number of ether oxygens (including phenoxy) is 1. The van der Waals surface area contributed by atoms with E-state index in [0.29, 0.717) is 0 Å². The highest BCUT2D eigenvalue weighted by Crippen LogP contribution is 2.22. The van der Waals surface area contributed by atoms with E-state index >= 15 is 0 Å². The molecule has 1 aromatic rings. The number of carbonyl (C=O) groups is 2. The van der Waals surface area contributed by atoms with Crippen molar-refractivity contribution in [1.82, 2.24) is 0 Å². The first-order chi connectivity index (χ1) is 8.32. The van der Waals surface area contributed by atoms with E-state index in [0.717, 1.165) is 18.2 Å². The number of Topliss-reactive ketones (excluding diaryl/α,β-unsaturated/α-hetero) is 1. The van der Waals surface area contributed by atoms with Gasteiger partial charge in [-0.3, -0.25) is 4.79 Å². The Hall–Kier alpha value is -1.50. The van der Waals surface area contributed by atoms with Crippen molar-refractivity contribution in [2.75, 3.05) is 0 Å². The van der Waals surface area contributed by atoms with E-state index in [1.165, 1.54) is 6.92 Å². The third kappa shape index (κ3) is 3.49. The van der Waals surface area contributed by atoms with E-state index in [4.69, 9.17) is 5.11 Å². The molecular weight excluding hydrogens is 314 g/mol. The number of carboxylic acids is 1. The lowest BCUT2D eigenvalue weighted by atomic mass is 10.0. The van der Waals surface area contributed by atoms with Gasteiger partial charge in [-0.05, 0) is 25.1 Å². The van der Waals surface area contributed by atoms with E-state index in [2.05, 4.69) is 20.7 Å². The van der Waals surface area contributed by atoms with Crippen LogP contribution in [0.25, 0.3) is 0 Å². The Labute approximate surface area is 110 Å². The Morgan fingerprint density at radius 1 is 1.33 bits per heavy atom. The van der Waals surface area contributed by atoms with Crippen LogP contribution in [0.2, 0.25) is 0 Å². The zero-order valence-corrected chi connectivity index (χ0v) is 10.8. The maximum Gasteiger partial charge on any atom is 0.387 e. The van der Waals surface area contributed by atoms with Crippen LogP contribution >= 0.6 is 15.9 Å². The topological polar surface area (TPSA) is 63.6 Å². The van der Waals surface area contributed by atoms with Crippen molar-refractivity contribution in [3.8, 4) is 5.75 Å². The number of hydrogen-bond acceptors (Lipinski definition) is 3. The molecule has 7 heteroatoms. The first kappa shape index (κ1) is 14.6. The Kier molecular flexibility index (Phi) is 4.77. The van der Waals surface area contributed by atoms with Crippen LogP contribution < -0.4 is 4.74 Å². The highest BCUT2D eigenvalue weighted by molar-refractivity contribution is 9.10. The number of ketones is 1. The minimum Gasteiger partial charge on any atom is -0.478 e. The fourth-order valence-corrected chi connectivity index (χ4v) is 1.55. The van der Waals surface area contributed by atoms with Gasteiger partial charge >= 0.3 is 12.6 Å². The fourth-order valence-electron chi connectivity index (χ4n) is 1.30. The van der Waals surface area contributed by atoms with Gasteiger partial charge in [0.1, 0.15) is 5.75 Å². The molecule has 1 unspecified atom stereocenters. The Bertz CT molecular complexity index is 474. The van der Waals surface area contributed by atoms with Crippen molar-refractivity contribution in [1.29, 1.82) is 0 Å². The molecule has 0 heterocycles. The molecule has 0 aromatic heterocycles. The predicted molar refractivity (Wildman–Crippen MR) is 62.8 cm³/mol. The van der Waals surface area contributed by atoms with E-state index < -0.39 is 23.2 Å². The maximum atomic E-state index is 12.0. The molecule has 0 aliphatic carbocycles. The van der Waals surface area contributed by atoms with Crippen LogP contribution in [0.3, 0.4) is 0 Å². The second-order valence-electron chi connectivity index (χ2n) is 3.37. The van der Waals surface area contributed by atoms with Crippen LogP contribution in [-0.4, -0.2) is 28.3 Å². The summed E-state index contributed by atoms with van der Waals surface area (Å²) in [6.45, 7) is -1.53. The van der Waals surface area contributed by atoms with Gasteiger partial charge in [0.05, 0.1) is 10.4 Å². The lowest BCUT2D eigenvalue weighted by Crippen LogP contribution is -2.15. The van der Waals surface area contributed by atoms with Crippen LogP contribution in [0.5, 0.6) is 5.75 Å². The van der Waals surface area contributed by atoms with Gasteiger partial charge in [-0.1, -0.05) is 15.9 Å². The lowest BCUT2D eigenvalue weighted by Gasteiger charge is -2.10. The van der Waals surface area contributed by atoms with Crippen LogP contribution in [0.15, 0.2) is 18.2 Å². The van der Waals surface area contributed by atoms with E-state index in [-0.39, 0.29) is 16.9 Å². The summed E-state index contributed by atoms with van der Waals surface area (Å²) in [5.41, 5.74) is -0.432. The number of carbonyl (C=O) groups excluding carboxylic acids is 1. The summed E-state index contributed by atoms with van der Waals surface area (Å²) >= 11 is 3.00. The molecule has 1 aromatic carbocycles. The molecule has 0 fully saturated rings. The second kappa shape index (κ2) is 5.90. The number of hydrogen-bond donors (Lipinski definition) is 1. The van der Waals surface area contributed by atoms with Gasteiger partial charge in [0.2, 0.25) is 0 Å². The summed E-state index contributed by atoms with van der Waals surface area (Å²) in [7, 11) is 0. The molecule has 1 atom stereocenters. The third-order valence-electron chi connectivity index (χ3n) is 2.07. The van der Waals surface area contributed by atoms with Gasteiger partial charge in [0.15, 0.2) is 5.78 Å². The third-order valence-corrected chi connectivity index (χ3v) is 2.49. The average Bonchev–Trinajstić information content (AvgIpc) is 2.26. The molecule has 0 radical (unpaired) electrons. The summed E-state index contributed by atoms with van der Waals surface area (Å²) in [6, 6.07) is 3.13. The van der Waals surface area contributed by atoms with E-state index in [9.17, 15) is 18.4 Å². The molecule has 4 nitrogen and oxygen atoms in total. The van der Waals surface area contributed by atoms with Gasteiger partial charge < -0.3 is 9.84 Å². The van der Waals surface area contributed by atoms with Crippen molar-refractivity contribution in [2.24, 2.45) is 0 Å². The Balaban J connectivity index is 3.24. The summed E-state index contributed by atoms with van der Waals surface area (Å²) in [6.07, 6.45) is 0. The molecule has 1 rings (SSSR count). The fraction of sp³-hybridized carbons (Fsp3) is 0.273. The molecule has 18 heavy (non-hydrogen) atoms. The second-order valence-corrected chi connectivity index (χ2v) is 4.74. The van der Waals surface area contributed by atoms with Gasteiger partial charge in [-0.2, -0.15) is 8.78 Å². The number of aromatic carboxylic acids is 1. The Morgan fingerprint density at radius 3 is 2.39 bits per heavy atom. The summed E-state index contributed by atoms with van der Waals surface area (Å²) < 4.78 is 28.2. The van der Waals surface area contributed by atoms with Crippen LogP contribution in [0.4, 0.5) is 8.78 Å². The molecule has 98 valence electrons. The van der Waals surface area contributed by atoms with Crippen molar-refractivity contribution >= 4 is 27.7 Å². The number of benzene rings is 1. The maximum absolute atomic E-state index is 12.0. The zero-order chi connectivity index (χ0) is 13.9. The molecule has 0 saturated heterocycles. The SMILES string of the molecule is CC(Br)C(=O)c1cc(OC(F)F)ccc1C(=O)O. The first-order valence-corrected chi connectivity index (χ1v) is 5.75. The smallest absolute Gasteiger partial charge is 0.387 e. The zero-order valence-electron chi connectivity index (χ0n) is 9.19. The van der Waals surface area contributed by atoms with Crippen molar-refractivity contribution in [3.63, 3.8) is 0 Å². The highest BCUT2D eigenvalue weighted by Gasteiger charge is 2.21. The lowest BCUT2D eigenvalue weighted by molar-refractivity contribution is -0.0498. The summed E-state index contributed by atoms with van der Waals surface area (Å²) in [5.74, 6) is -2.09. The van der Waals surface area contributed by atoms with Crippen molar-refractivity contribution in [3.05, 3.63) is 29.3 Å². The van der Waals surface area contributed by atoms with Gasteiger partial charge in [-0.15, -0.1) is 0 Å². The van der Waals surface area contributed by atoms with Crippen LogP contribution in [-0.2, 0) is 0 Å². The van der Waals surface area contributed by atoms with Crippen molar-refractivity contribution in [2.45, 2.75) is 18.4 Å².